The Morgan fingerprint density at radius 2 is 1.95 bits per heavy atom. The summed E-state index contributed by atoms with van der Waals surface area (Å²) < 4.78 is 0. The number of rotatable bonds is 4. The van der Waals surface area contributed by atoms with Crippen LogP contribution in [0.4, 0.5) is 5.69 Å². The second-order valence-corrected chi connectivity index (χ2v) is 5.55. The summed E-state index contributed by atoms with van der Waals surface area (Å²) in [5, 5.41) is 0. The second-order valence-electron chi connectivity index (χ2n) is 5.55. The fourth-order valence-electron chi connectivity index (χ4n) is 2.96. The number of amides is 1. The monoisotopic (exact) mass is 277 g/mol. The quantitative estimate of drug-likeness (QED) is 0.767. The number of fused-ring (bicyclic) bond motifs is 1. The van der Waals surface area contributed by atoms with Crippen LogP contribution in [0.5, 0.6) is 0 Å². The largest absolute Gasteiger partial charge is 0.307 e. The van der Waals surface area contributed by atoms with Gasteiger partial charge in [-0.1, -0.05) is 54.1 Å². The summed E-state index contributed by atoms with van der Waals surface area (Å²) in [6.07, 6.45) is 2.53. The predicted octanol–water partition coefficient (Wildman–Crippen LogP) is 4.20. The number of benzene rings is 2. The average Bonchev–Trinajstić information content (AvgIpc) is 2.74. The lowest BCUT2D eigenvalue weighted by molar-refractivity contribution is -0.119. The number of hydrogen-bond donors (Lipinski definition) is 0. The van der Waals surface area contributed by atoms with Gasteiger partial charge in [0.1, 0.15) is 0 Å². The van der Waals surface area contributed by atoms with Crippen molar-refractivity contribution in [2.75, 3.05) is 4.90 Å². The number of hydrogen-bond acceptors (Lipinski definition) is 1. The van der Waals surface area contributed by atoms with Gasteiger partial charge in [0.05, 0.1) is 12.5 Å². The molecule has 1 unspecified atom stereocenters. The number of aryl methyl sites for hydroxylation is 1. The minimum Gasteiger partial charge on any atom is -0.307 e. The first-order chi connectivity index (χ1) is 10.2. The second kappa shape index (κ2) is 5.57. The van der Waals surface area contributed by atoms with E-state index < -0.39 is 0 Å². The molecule has 1 heterocycles. The maximum atomic E-state index is 12.7. The minimum atomic E-state index is -0.0823. The number of carbonyl (C=O) groups excluding carboxylic acids is 1. The fourth-order valence-corrected chi connectivity index (χ4v) is 2.96. The van der Waals surface area contributed by atoms with Crippen molar-refractivity contribution in [3.8, 4) is 0 Å². The number of nitrogens with zero attached hydrogens (tertiary/aromatic N) is 1. The highest BCUT2D eigenvalue weighted by atomic mass is 16.2. The van der Waals surface area contributed by atoms with Crippen molar-refractivity contribution in [2.24, 2.45) is 0 Å². The van der Waals surface area contributed by atoms with Gasteiger partial charge in [-0.3, -0.25) is 4.79 Å². The van der Waals surface area contributed by atoms with Gasteiger partial charge >= 0.3 is 0 Å². The Morgan fingerprint density at radius 3 is 2.67 bits per heavy atom. The van der Waals surface area contributed by atoms with Crippen molar-refractivity contribution in [1.29, 1.82) is 0 Å². The maximum Gasteiger partial charge on any atom is 0.235 e. The molecule has 1 amide bonds. The standard InChI is InChI=1S/C19H19NO/c1-3-7-16-17-12-14(2)10-11-18(17)20(19(16)21)13-15-8-5-4-6-9-15/h3-6,8-12,16H,1,7,13H2,2H3. The van der Waals surface area contributed by atoms with Gasteiger partial charge in [0.2, 0.25) is 5.91 Å². The number of carbonyl (C=O) groups is 1. The van der Waals surface area contributed by atoms with E-state index >= 15 is 0 Å². The SMILES string of the molecule is C=CCC1C(=O)N(Cc2ccccc2)c2ccc(C)cc21. The van der Waals surface area contributed by atoms with Crippen LogP contribution in [0.2, 0.25) is 0 Å². The van der Waals surface area contributed by atoms with Gasteiger partial charge in [-0.25, -0.2) is 0 Å². The fraction of sp³-hybridized carbons (Fsp3) is 0.211. The molecule has 3 rings (SSSR count). The first-order valence-electron chi connectivity index (χ1n) is 7.27. The van der Waals surface area contributed by atoms with E-state index in [1.807, 2.05) is 29.2 Å². The summed E-state index contributed by atoms with van der Waals surface area (Å²) in [6, 6.07) is 16.4. The Kier molecular flexibility index (Phi) is 3.61. The summed E-state index contributed by atoms with van der Waals surface area (Å²) in [7, 11) is 0. The van der Waals surface area contributed by atoms with Crippen LogP contribution < -0.4 is 4.90 Å². The van der Waals surface area contributed by atoms with Gasteiger partial charge < -0.3 is 4.90 Å². The maximum absolute atomic E-state index is 12.7. The third kappa shape index (κ3) is 2.49. The molecule has 106 valence electrons. The van der Waals surface area contributed by atoms with E-state index in [0.717, 1.165) is 16.8 Å². The van der Waals surface area contributed by atoms with E-state index in [2.05, 4.69) is 43.8 Å². The Hall–Kier alpha value is -2.35. The normalized spacial score (nSPS) is 16.9. The van der Waals surface area contributed by atoms with E-state index in [9.17, 15) is 4.79 Å². The molecular formula is C19H19NO. The molecule has 0 N–H and O–H groups in total. The van der Waals surface area contributed by atoms with Crippen LogP contribution >= 0.6 is 0 Å². The van der Waals surface area contributed by atoms with E-state index in [-0.39, 0.29) is 11.8 Å². The third-order valence-corrected chi connectivity index (χ3v) is 4.00. The zero-order valence-electron chi connectivity index (χ0n) is 12.3. The van der Waals surface area contributed by atoms with E-state index in [1.165, 1.54) is 5.56 Å². The summed E-state index contributed by atoms with van der Waals surface area (Å²) in [4.78, 5) is 14.6. The molecule has 0 radical (unpaired) electrons. The molecule has 0 fully saturated rings. The van der Waals surface area contributed by atoms with Crippen LogP contribution in [0, 0.1) is 6.92 Å². The van der Waals surface area contributed by atoms with E-state index in [0.29, 0.717) is 13.0 Å². The Labute approximate surface area is 125 Å². The Balaban J connectivity index is 1.99. The Bertz CT molecular complexity index is 675. The van der Waals surface area contributed by atoms with Crippen LogP contribution in [0.1, 0.15) is 29.0 Å². The van der Waals surface area contributed by atoms with Crippen LogP contribution in [0.25, 0.3) is 0 Å². The van der Waals surface area contributed by atoms with Crippen LogP contribution in [0.15, 0.2) is 61.2 Å². The highest BCUT2D eigenvalue weighted by Crippen LogP contribution is 2.40. The molecule has 0 aromatic heterocycles. The van der Waals surface area contributed by atoms with Gasteiger partial charge in [-0.15, -0.1) is 6.58 Å². The van der Waals surface area contributed by atoms with Gasteiger partial charge in [-0.2, -0.15) is 0 Å². The molecule has 0 saturated heterocycles. The lowest BCUT2D eigenvalue weighted by Gasteiger charge is -2.18. The van der Waals surface area contributed by atoms with Crippen molar-refractivity contribution in [1.82, 2.24) is 0 Å². The Morgan fingerprint density at radius 1 is 1.19 bits per heavy atom. The van der Waals surface area contributed by atoms with Crippen LogP contribution in [-0.4, -0.2) is 5.91 Å². The molecule has 1 aliphatic heterocycles. The molecule has 2 aromatic rings. The van der Waals surface area contributed by atoms with Crippen molar-refractivity contribution < 1.29 is 4.79 Å². The zero-order chi connectivity index (χ0) is 14.8. The molecule has 1 aliphatic rings. The summed E-state index contributed by atoms with van der Waals surface area (Å²) in [5.41, 5.74) is 4.52. The third-order valence-electron chi connectivity index (χ3n) is 4.00. The van der Waals surface area contributed by atoms with Gasteiger partial charge in [0.25, 0.3) is 0 Å². The first-order valence-corrected chi connectivity index (χ1v) is 7.27. The predicted molar refractivity (Wildman–Crippen MR) is 86.4 cm³/mol. The van der Waals surface area contributed by atoms with Crippen LogP contribution in [-0.2, 0) is 11.3 Å². The summed E-state index contributed by atoms with van der Waals surface area (Å²) in [6.45, 7) is 6.49. The topological polar surface area (TPSA) is 20.3 Å². The van der Waals surface area contributed by atoms with E-state index in [4.69, 9.17) is 0 Å². The average molecular weight is 277 g/mol. The molecule has 0 saturated carbocycles. The molecule has 2 nitrogen and oxygen atoms in total. The highest BCUT2D eigenvalue weighted by molar-refractivity contribution is 6.05. The first kappa shape index (κ1) is 13.6. The lowest BCUT2D eigenvalue weighted by atomic mass is 9.96. The lowest BCUT2D eigenvalue weighted by Crippen LogP contribution is -2.28. The zero-order valence-corrected chi connectivity index (χ0v) is 12.3. The van der Waals surface area contributed by atoms with Crippen molar-refractivity contribution in [3.05, 3.63) is 77.9 Å². The number of allylic oxidation sites excluding steroid dienone is 1. The van der Waals surface area contributed by atoms with Gasteiger partial charge in [-0.05, 0) is 30.5 Å². The minimum absolute atomic E-state index is 0.0823. The van der Waals surface area contributed by atoms with Crippen LogP contribution in [0.3, 0.4) is 0 Å². The van der Waals surface area contributed by atoms with E-state index in [1.54, 1.807) is 0 Å². The molecule has 2 aromatic carbocycles. The molecule has 2 heteroatoms. The van der Waals surface area contributed by atoms with Crippen molar-refractivity contribution in [2.45, 2.75) is 25.8 Å². The molecule has 21 heavy (non-hydrogen) atoms. The number of anilines is 1. The molecule has 0 bridgehead atoms. The molecule has 0 spiro atoms. The van der Waals surface area contributed by atoms with Gasteiger partial charge in [0.15, 0.2) is 0 Å². The van der Waals surface area contributed by atoms with Crippen molar-refractivity contribution in [3.63, 3.8) is 0 Å². The summed E-state index contributed by atoms with van der Waals surface area (Å²) in [5.74, 6) is 0.0977. The highest BCUT2D eigenvalue weighted by Gasteiger charge is 2.36. The molecule has 0 aliphatic carbocycles. The summed E-state index contributed by atoms with van der Waals surface area (Å²) >= 11 is 0. The molecule has 1 atom stereocenters. The van der Waals surface area contributed by atoms with Gasteiger partial charge in [0, 0.05) is 5.69 Å². The smallest absolute Gasteiger partial charge is 0.235 e. The molecular weight excluding hydrogens is 258 g/mol. The van der Waals surface area contributed by atoms with Crippen molar-refractivity contribution >= 4 is 11.6 Å².